The van der Waals surface area contributed by atoms with Gasteiger partial charge in [0.15, 0.2) is 0 Å². The summed E-state index contributed by atoms with van der Waals surface area (Å²) in [5.74, 6) is 0. The van der Waals surface area contributed by atoms with Gasteiger partial charge in [-0.2, -0.15) is 0 Å². The molecule has 5 heteroatoms. The summed E-state index contributed by atoms with van der Waals surface area (Å²) in [4.78, 5) is 15.7. The monoisotopic (exact) mass is 307 g/mol. The van der Waals surface area contributed by atoms with Gasteiger partial charge >= 0.3 is 6.03 Å². The number of carbonyl (C=O) groups is 1. The molecule has 2 amide bonds. The van der Waals surface area contributed by atoms with Gasteiger partial charge in [-0.1, -0.05) is 30.3 Å². The predicted molar refractivity (Wildman–Crippen MR) is 89.7 cm³/mol. The first kappa shape index (κ1) is 18.5. The SMILES string of the molecule is CC(CNC(=O)N(C)CC(C)(C)O)N(C)Cc1ccccc1. The summed E-state index contributed by atoms with van der Waals surface area (Å²) in [6.45, 7) is 7.17. The third-order valence-corrected chi connectivity index (χ3v) is 3.55. The van der Waals surface area contributed by atoms with Crippen molar-refractivity contribution in [1.29, 1.82) is 0 Å². The molecule has 2 N–H and O–H groups in total. The van der Waals surface area contributed by atoms with Crippen molar-refractivity contribution >= 4 is 6.03 Å². The van der Waals surface area contributed by atoms with Gasteiger partial charge in [0.1, 0.15) is 0 Å². The number of aliphatic hydroxyl groups is 1. The molecule has 0 spiro atoms. The molecule has 22 heavy (non-hydrogen) atoms. The van der Waals surface area contributed by atoms with E-state index in [2.05, 4.69) is 29.3 Å². The minimum Gasteiger partial charge on any atom is -0.389 e. The van der Waals surface area contributed by atoms with E-state index in [0.29, 0.717) is 13.1 Å². The molecule has 0 aliphatic carbocycles. The van der Waals surface area contributed by atoms with Crippen molar-refractivity contribution in [2.75, 3.05) is 27.2 Å². The number of benzene rings is 1. The molecule has 0 heterocycles. The van der Waals surface area contributed by atoms with Crippen molar-refractivity contribution in [2.24, 2.45) is 0 Å². The maximum absolute atomic E-state index is 12.0. The van der Waals surface area contributed by atoms with E-state index in [0.717, 1.165) is 6.54 Å². The van der Waals surface area contributed by atoms with Crippen LogP contribution in [0.25, 0.3) is 0 Å². The second kappa shape index (κ2) is 8.15. The van der Waals surface area contributed by atoms with E-state index in [1.165, 1.54) is 10.5 Å². The zero-order valence-electron chi connectivity index (χ0n) is 14.3. The summed E-state index contributed by atoms with van der Waals surface area (Å²) in [6.07, 6.45) is 0. The lowest BCUT2D eigenvalue weighted by atomic mass is 10.1. The summed E-state index contributed by atoms with van der Waals surface area (Å²) in [6, 6.07) is 10.3. The number of nitrogens with one attached hydrogen (secondary N) is 1. The lowest BCUT2D eigenvalue weighted by Gasteiger charge is -2.28. The standard InChI is InChI=1S/C17H29N3O2/c1-14(19(4)12-15-9-7-6-8-10-15)11-18-16(21)20(5)13-17(2,3)22/h6-10,14,22H,11-13H2,1-5H3,(H,18,21). The third kappa shape index (κ3) is 6.91. The Morgan fingerprint density at radius 3 is 2.41 bits per heavy atom. The predicted octanol–water partition coefficient (Wildman–Crippen LogP) is 1.92. The van der Waals surface area contributed by atoms with E-state index in [4.69, 9.17) is 0 Å². The number of nitrogens with zero attached hydrogens (tertiary/aromatic N) is 2. The molecule has 1 atom stereocenters. The van der Waals surface area contributed by atoms with Gasteiger partial charge in [-0.05, 0) is 33.4 Å². The summed E-state index contributed by atoms with van der Waals surface area (Å²) in [5.41, 5.74) is 0.365. The van der Waals surface area contributed by atoms with Crippen LogP contribution >= 0.6 is 0 Å². The van der Waals surface area contributed by atoms with Crippen molar-refractivity contribution in [3.05, 3.63) is 35.9 Å². The Morgan fingerprint density at radius 2 is 1.86 bits per heavy atom. The van der Waals surface area contributed by atoms with E-state index in [9.17, 15) is 9.90 Å². The van der Waals surface area contributed by atoms with Crippen molar-refractivity contribution in [1.82, 2.24) is 15.1 Å². The van der Waals surface area contributed by atoms with Crippen LogP contribution in [-0.2, 0) is 6.54 Å². The molecule has 1 aromatic carbocycles. The van der Waals surface area contributed by atoms with Crippen LogP contribution in [0.15, 0.2) is 30.3 Å². The van der Waals surface area contributed by atoms with Gasteiger partial charge in [-0.3, -0.25) is 4.90 Å². The summed E-state index contributed by atoms with van der Waals surface area (Å²) in [5, 5.41) is 12.6. The van der Waals surface area contributed by atoms with Crippen molar-refractivity contribution in [2.45, 2.75) is 39.0 Å². The van der Waals surface area contributed by atoms with Gasteiger partial charge in [-0.15, -0.1) is 0 Å². The number of likely N-dealkylation sites (N-methyl/N-ethyl adjacent to an activating group) is 2. The number of carbonyl (C=O) groups excluding carboxylic acids is 1. The fraction of sp³-hybridized carbons (Fsp3) is 0.588. The van der Waals surface area contributed by atoms with Gasteiger partial charge < -0.3 is 15.3 Å². The van der Waals surface area contributed by atoms with Crippen LogP contribution < -0.4 is 5.32 Å². The lowest BCUT2D eigenvalue weighted by molar-refractivity contribution is 0.0529. The summed E-state index contributed by atoms with van der Waals surface area (Å²) < 4.78 is 0. The Hall–Kier alpha value is -1.59. The van der Waals surface area contributed by atoms with Crippen molar-refractivity contribution < 1.29 is 9.90 Å². The molecule has 0 fully saturated rings. The van der Waals surface area contributed by atoms with Crippen LogP contribution in [0.4, 0.5) is 4.79 Å². The highest BCUT2D eigenvalue weighted by molar-refractivity contribution is 5.73. The van der Waals surface area contributed by atoms with Crippen LogP contribution in [0.3, 0.4) is 0 Å². The zero-order valence-corrected chi connectivity index (χ0v) is 14.3. The molecular formula is C17H29N3O2. The molecule has 0 radical (unpaired) electrons. The van der Waals surface area contributed by atoms with Crippen molar-refractivity contribution in [3.8, 4) is 0 Å². The van der Waals surface area contributed by atoms with Gasteiger partial charge in [0, 0.05) is 26.2 Å². The summed E-state index contributed by atoms with van der Waals surface area (Å²) in [7, 11) is 3.73. The summed E-state index contributed by atoms with van der Waals surface area (Å²) >= 11 is 0. The highest BCUT2D eigenvalue weighted by Crippen LogP contribution is 2.06. The van der Waals surface area contributed by atoms with Crippen LogP contribution in [0, 0.1) is 0 Å². The fourth-order valence-electron chi connectivity index (χ4n) is 2.21. The number of urea groups is 1. The maximum atomic E-state index is 12.0. The van der Waals surface area contributed by atoms with Crippen LogP contribution in [0.2, 0.25) is 0 Å². The normalized spacial score (nSPS) is 13.0. The van der Waals surface area contributed by atoms with Gasteiger partial charge in [0.05, 0.1) is 12.1 Å². The highest BCUT2D eigenvalue weighted by Gasteiger charge is 2.20. The Morgan fingerprint density at radius 1 is 1.27 bits per heavy atom. The topological polar surface area (TPSA) is 55.8 Å². The fourth-order valence-corrected chi connectivity index (χ4v) is 2.21. The molecule has 1 unspecified atom stereocenters. The minimum absolute atomic E-state index is 0.165. The van der Waals surface area contributed by atoms with Crippen LogP contribution in [-0.4, -0.2) is 59.8 Å². The Balaban J connectivity index is 2.38. The van der Waals surface area contributed by atoms with Crippen LogP contribution in [0.1, 0.15) is 26.3 Å². The molecular weight excluding hydrogens is 278 g/mol. The van der Waals surface area contributed by atoms with Gasteiger partial charge in [-0.25, -0.2) is 4.79 Å². The Kier molecular flexibility index (Phi) is 6.84. The van der Waals surface area contributed by atoms with E-state index in [1.54, 1.807) is 20.9 Å². The maximum Gasteiger partial charge on any atom is 0.317 e. The Bertz CT molecular complexity index is 457. The first-order valence-corrected chi connectivity index (χ1v) is 7.64. The quantitative estimate of drug-likeness (QED) is 0.809. The molecule has 0 bridgehead atoms. The second-order valence-corrected chi connectivity index (χ2v) is 6.60. The minimum atomic E-state index is -0.887. The van der Waals surface area contributed by atoms with Crippen molar-refractivity contribution in [3.63, 3.8) is 0 Å². The van der Waals surface area contributed by atoms with E-state index >= 15 is 0 Å². The average molecular weight is 307 g/mol. The number of hydrogen-bond donors (Lipinski definition) is 2. The average Bonchev–Trinajstić information content (AvgIpc) is 2.43. The van der Waals surface area contributed by atoms with Gasteiger partial charge in [0.25, 0.3) is 0 Å². The van der Waals surface area contributed by atoms with E-state index in [-0.39, 0.29) is 12.1 Å². The van der Waals surface area contributed by atoms with E-state index in [1.807, 2.05) is 25.2 Å². The molecule has 1 aromatic rings. The molecule has 0 saturated heterocycles. The number of amides is 2. The number of hydrogen-bond acceptors (Lipinski definition) is 3. The molecule has 1 rings (SSSR count). The molecule has 0 aromatic heterocycles. The number of rotatable bonds is 7. The molecule has 0 aliphatic rings. The van der Waals surface area contributed by atoms with Crippen LogP contribution in [0.5, 0.6) is 0 Å². The molecule has 124 valence electrons. The lowest BCUT2D eigenvalue weighted by Crippen LogP contribution is -2.47. The van der Waals surface area contributed by atoms with E-state index < -0.39 is 5.60 Å². The molecule has 5 nitrogen and oxygen atoms in total. The van der Waals surface area contributed by atoms with Gasteiger partial charge in [0.2, 0.25) is 0 Å². The zero-order chi connectivity index (χ0) is 16.8. The first-order valence-electron chi connectivity index (χ1n) is 7.64. The second-order valence-electron chi connectivity index (χ2n) is 6.60. The smallest absolute Gasteiger partial charge is 0.317 e. The third-order valence-electron chi connectivity index (χ3n) is 3.55. The highest BCUT2D eigenvalue weighted by atomic mass is 16.3. The molecule has 0 saturated carbocycles. The largest absolute Gasteiger partial charge is 0.389 e. The first-order chi connectivity index (χ1) is 10.2. The molecule has 0 aliphatic heterocycles. The Labute approximate surface area is 133 Å².